The summed E-state index contributed by atoms with van der Waals surface area (Å²) >= 11 is 0. The van der Waals surface area contributed by atoms with Gasteiger partial charge in [0.2, 0.25) is 0 Å². The molecule has 12 heteroatoms. The Hall–Kier alpha value is -4.48. The lowest BCUT2D eigenvalue weighted by molar-refractivity contribution is -0.0349. The Morgan fingerprint density at radius 2 is 1.87 bits per heavy atom. The SMILES string of the molecule is CCN(C(=O)c1cc(F)ccc1Oc1nncnc1N1CC2(CC(Oc3cccc4c3CN(C(=O)OC(C)(C)C)C4)C2)C1)C(C)C. The molecule has 1 saturated heterocycles. The number of ether oxygens (including phenoxy) is 3. The van der Waals surface area contributed by atoms with Crippen LogP contribution >= 0.6 is 0 Å². The van der Waals surface area contributed by atoms with Gasteiger partial charge in [-0.2, -0.15) is 0 Å². The van der Waals surface area contributed by atoms with E-state index >= 15 is 0 Å². The van der Waals surface area contributed by atoms with Gasteiger partial charge in [-0.25, -0.2) is 14.2 Å². The maximum atomic E-state index is 14.2. The first-order chi connectivity index (χ1) is 21.8. The molecule has 3 heterocycles. The standard InChI is InChI=1S/C34H41FN6O5/c1-7-41(21(2)3)31(42)25-13-23(35)11-12-28(25)45-30-29(36-20-37-38-30)40-18-34(19-40)14-24(15-34)44-27-10-8-9-22-16-39(17-26(22)27)32(43)46-33(4,5)6/h8-13,20-21,24H,7,14-19H2,1-6H3. The number of halogens is 1. The van der Waals surface area contributed by atoms with Crippen molar-refractivity contribution in [2.45, 2.75) is 85.2 Å². The fourth-order valence-electron chi connectivity index (χ4n) is 6.60. The molecular weight excluding hydrogens is 591 g/mol. The number of benzene rings is 2. The molecule has 3 aliphatic rings. The van der Waals surface area contributed by atoms with E-state index < -0.39 is 11.4 Å². The van der Waals surface area contributed by atoms with Crippen LogP contribution in [0.25, 0.3) is 0 Å². The molecule has 0 N–H and O–H groups in total. The molecule has 0 unspecified atom stereocenters. The lowest BCUT2D eigenvalue weighted by Gasteiger charge is -2.58. The highest BCUT2D eigenvalue weighted by molar-refractivity contribution is 5.97. The summed E-state index contributed by atoms with van der Waals surface area (Å²) < 4.78 is 32.4. The molecule has 1 saturated carbocycles. The molecule has 1 spiro atoms. The van der Waals surface area contributed by atoms with Crippen molar-refractivity contribution in [1.82, 2.24) is 25.0 Å². The lowest BCUT2D eigenvalue weighted by Crippen LogP contribution is -2.65. The number of nitrogens with zero attached hydrogens (tertiary/aromatic N) is 6. The summed E-state index contributed by atoms with van der Waals surface area (Å²) in [5, 5.41) is 8.09. The molecular formula is C34H41FN6O5. The van der Waals surface area contributed by atoms with E-state index in [1.54, 1.807) is 9.80 Å². The molecule has 0 atom stereocenters. The molecule has 1 aliphatic carbocycles. The smallest absolute Gasteiger partial charge is 0.410 e. The molecule has 46 heavy (non-hydrogen) atoms. The third kappa shape index (κ3) is 6.29. The highest BCUT2D eigenvalue weighted by Crippen LogP contribution is 2.52. The quantitative estimate of drug-likeness (QED) is 0.297. The van der Waals surface area contributed by atoms with Crippen LogP contribution in [0.15, 0.2) is 42.7 Å². The van der Waals surface area contributed by atoms with Gasteiger partial charge in [0.25, 0.3) is 11.8 Å². The number of aromatic nitrogens is 3. The normalized spacial score (nSPS) is 17.0. The van der Waals surface area contributed by atoms with Gasteiger partial charge in [0.05, 0.1) is 12.1 Å². The molecule has 0 bridgehead atoms. The summed E-state index contributed by atoms with van der Waals surface area (Å²) in [5.74, 6) is 0.843. The Bertz CT molecular complexity index is 1630. The van der Waals surface area contributed by atoms with Crippen LogP contribution in [-0.2, 0) is 17.8 Å². The molecule has 3 aromatic rings. The summed E-state index contributed by atoms with van der Waals surface area (Å²) in [5.41, 5.74) is 1.77. The van der Waals surface area contributed by atoms with Crippen LogP contribution in [0.4, 0.5) is 15.0 Å². The molecule has 2 aromatic carbocycles. The topological polar surface area (TPSA) is 110 Å². The Morgan fingerprint density at radius 1 is 1.11 bits per heavy atom. The van der Waals surface area contributed by atoms with E-state index in [9.17, 15) is 14.0 Å². The summed E-state index contributed by atoms with van der Waals surface area (Å²) in [6, 6.07) is 9.79. The largest absolute Gasteiger partial charge is 0.490 e. The Labute approximate surface area is 268 Å². The van der Waals surface area contributed by atoms with E-state index in [0.29, 0.717) is 25.5 Å². The predicted octanol–water partition coefficient (Wildman–Crippen LogP) is 5.97. The van der Waals surface area contributed by atoms with Crippen molar-refractivity contribution in [3.8, 4) is 17.4 Å². The van der Waals surface area contributed by atoms with Gasteiger partial charge in [-0.3, -0.25) is 9.69 Å². The molecule has 11 nitrogen and oxygen atoms in total. The number of hydrogen-bond acceptors (Lipinski definition) is 9. The zero-order valence-electron chi connectivity index (χ0n) is 27.2. The van der Waals surface area contributed by atoms with E-state index in [4.69, 9.17) is 14.2 Å². The monoisotopic (exact) mass is 632 g/mol. The van der Waals surface area contributed by atoms with Crippen LogP contribution in [0, 0.1) is 11.2 Å². The van der Waals surface area contributed by atoms with Gasteiger partial charge in [0, 0.05) is 43.2 Å². The molecule has 6 rings (SSSR count). The van der Waals surface area contributed by atoms with Gasteiger partial charge >= 0.3 is 6.09 Å². The lowest BCUT2D eigenvalue weighted by atomic mass is 9.61. The number of carbonyl (C=O) groups is 2. The minimum Gasteiger partial charge on any atom is -0.490 e. The van der Waals surface area contributed by atoms with Crippen LogP contribution in [-0.4, -0.2) is 74.4 Å². The van der Waals surface area contributed by atoms with Crippen LogP contribution in [0.1, 0.15) is 75.9 Å². The Balaban J connectivity index is 1.08. The number of fused-ring (bicyclic) bond motifs is 1. The third-order valence-corrected chi connectivity index (χ3v) is 8.73. The minimum atomic E-state index is -0.552. The number of carbonyl (C=O) groups excluding carboxylic acids is 2. The van der Waals surface area contributed by atoms with E-state index in [1.165, 1.54) is 24.5 Å². The molecule has 0 radical (unpaired) electrons. The van der Waals surface area contributed by atoms with Crippen molar-refractivity contribution in [3.05, 3.63) is 65.2 Å². The molecule has 2 aliphatic heterocycles. The van der Waals surface area contributed by atoms with Crippen molar-refractivity contribution in [2.24, 2.45) is 5.41 Å². The summed E-state index contributed by atoms with van der Waals surface area (Å²) in [4.78, 5) is 35.8. The average molecular weight is 633 g/mol. The van der Waals surface area contributed by atoms with E-state index in [1.807, 2.05) is 59.7 Å². The van der Waals surface area contributed by atoms with Gasteiger partial charge in [0.1, 0.15) is 35.3 Å². The fraction of sp³-hybridized carbons (Fsp3) is 0.500. The van der Waals surface area contributed by atoms with Crippen molar-refractivity contribution in [2.75, 3.05) is 24.5 Å². The Kier molecular flexibility index (Phi) is 8.24. The maximum Gasteiger partial charge on any atom is 0.410 e. The van der Waals surface area contributed by atoms with Crippen LogP contribution in [0.5, 0.6) is 17.4 Å². The van der Waals surface area contributed by atoms with Gasteiger partial charge in [-0.05, 0) is 84.2 Å². The van der Waals surface area contributed by atoms with Crippen LogP contribution < -0.4 is 14.4 Å². The van der Waals surface area contributed by atoms with Crippen molar-refractivity contribution in [3.63, 3.8) is 0 Å². The second kappa shape index (κ2) is 12.0. The van der Waals surface area contributed by atoms with Gasteiger partial charge < -0.3 is 24.0 Å². The average Bonchev–Trinajstić information content (AvgIpc) is 3.40. The van der Waals surface area contributed by atoms with Crippen molar-refractivity contribution >= 4 is 17.8 Å². The number of rotatable bonds is 8. The zero-order valence-corrected chi connectivity index (χ0v) is 27.2. The van der Waals surface area contributed by atoms with E-state index in [0.717, 1.165) is 42.8 Å². The second-order valence-electron chi connectivity index (χ2n) is 13.8. The summed E-state index contributed by atoms with van der Waals surface area (Å²) in [6.07, 6.45) is 2.88. The Morgan fingerprint density at radius 3 is 2.57 bits per heavy atom. The van der Waals surface area contributed by atoms with Crippen molar-refractivity contribution < 1.29 is 28.2 Å². The molecule has 1 aromatic heterocycles. The number of anilines is 1. The maximum absolute atomic E-state index is 14.2. The molecule has 2 amide bonds. The predicted molar refractivity (Wildman–Crippen MR) is 168 cm³/mol. The number of hydrogen-bond donors (Lipinski definition) is 0. The van der Waals surface area contributed by atoms with E-state index in [2.05, 4.69) is 20.1 Å². The first kappa shape index (κ1) is 31.5. The fourth-order valence-corrected chi connectivity index (χ4v) is 6.60. The minimum absolute atomic E-state index is 0.0651. The summed E-state index contributed by atoms with van der Waals surface area (Å²) in [6.45, 7) is 14.2. The first-order valence-electron chi connectivity index (χ1n) is 15.8. The van der Waals surface area contributed by atoms with Gasteiger partial charge in [-0.15, -0.1) is 10.2 Å². The van der Waals surface area contributed by atoms with Crippen LogP contribution in [0.2, 0.25) is 0 Å². The number of amides is 2. The second-order valence-corrected chi connectivity index (χ2v) is 13.8. The molecule has 2 fully saturated rings. The summed E-state index contributed by atoms with van der Waals surface area (Å²) in [7, 11) is 0. The third-order valence-electron chi connectivity index (χ3n) is 8.73. The highest BCUT2D eigenvalue weighted by Gasteiger charge is 2.54. The first-order valence-corrected chi connectivity index (χ1v) is 15.8. The van der Waals surface area contributed by atoms with Crippen molar-refractivity contribution in [1.29, 1.82) is 0 Å². The van der Waals surface area contributed by atoms with Crippen LogP contribution in [0.3, 0.4) is 0 Å². The van der Waals surface area contributed by atoms with Gasteiger partial charge in [0.15, 0.2) is 5.82 Å². The van der Waals surface area contributed by atoms with E-state index in [-0.39, 0.29) is 46.8 Å². The van der Waals surface area contributed by atoms with Gasteiger partial charge in [-0.1, -0.05) is 12.1 Å². The highest BCUT2D eigenvalue weighted by atomic mass is 19.1. The molecule has 244 valence electrons. The zero-order chi connectivity index (χ0) is 32.8.